The number of urea groups is 1. The molecule has 0 aromatic carbocycles. The number of hydrogen-bond acceptors (Lipinski definition) is 3. The van der Waals surface area contributed by atoms with Crippen LogP contribution in [0.4, 0.5) is 4.79 Å². The largest absolute Gasteiger partial charge is 0.481 e. The molecule has 19 heavy (non-hydrogen) atoms. The molecule has 0 aromatic heterocycles. The fourth-order valence-corrected chi connectivity index (χ4v) is 2.06. The van der Waals surface area contributed by atoms with Gasteiger partial charge in [0.2, 0.25) is 0 Å². The van der Waals surface area contributed by atoms with Crippen molar-refractivity contribution in [3.63, 3.8) is 0 Å². The van der Waals surface area contributed by atoms with E-state index in [2.05, 4.69) is 5.32 Å². The smallest absolute Gasteiger partial charge is 0.317 e. The first kappa shape index (κ1) is 15.8. The van der Waals surface area contributed by atoms with Crippen LogP contribution in [0.15, 0.2) is 0 Å². The first-order valence-electron chi connectivity index (χ1n) is 6.51. The molecule has 0 saturated carbocycles. The summed E-state index contributed by atoms with van der Waals surface area (Å²) in [5, 5.41) is 12.0. The minimum atomic E-state index is -0.845. The molecule has 0 bridgehead atoms. The summed E-state index contributed by atoms with van der Waals surface area (Å²) in [5.74, 6) is -0.845. The first-order valence-corrected chi connectivity index (χ1v) is 6.51. The minimum Gasteiger partial charge on any atom is -0.481 e. The number of hydrogen-bond donors (Lipinski definition) is 2. The molecule has 1 heterocycles. The van der Waals surface area contributed by atoms with Gasteiger partial charge in [-0.05, 0) is 33.6 Å². The highest BCUT2D eigenvalue weighted by atomic mass is 16.5. The second kappa shape index (κ2) is 5.77. The molecule has 1 saturated heterocycles. The van der Waals surface area contributed by atoms with Gasteiger partial charge in [-0.2, -0.15) is 0 Å². The van der Waals surface area contributed by atoms with Crippen molar-refractivity contribution in [2.75, 3.05) is 26.7 Å². The van der Waals surface area contributed by atoms with Gasteiger partial charge in [-0.1, -0.05) is 0 Å². The fraction of sp³-hybridized carbons (Fsp3) is 0.846. The molecule has 0 radical (unpaired) electrons. The summed E-state index contributed by atoms with van der Waals surface area (Å²) in [5.41, 5.74) is -1.27. The average Bonchev–Trinajstić information content (AvgIpc) is 2.36. The second-order valence-corrected chi connectivity index (χ2v) is 6.01. The highest BCUT2D eigenvalue weighted by molar-refractivity contribution is 5.78. The van der Waals surface area contributed by atoms with Crippen molar-refractivity contribution in [1.29, 1.82) is 0 Å². The molecular formula is C13H24N2O4. The van der Waals surface area contributed by atoms with Crippen LogP contribution in [-0.2, 0) is 9.53 Å². The first-order chi connectivity index (χ1) is 8.70. The normalized spacial score (nSPS) is 24.1. The molecule has 0 aliphatic carbocycles. The van der Waals surface area contributed by atoms with Crippen molar-refractivity contribution >= 4 is 12.0 Å². The van der Waals surface area contributed by atoms with Gasteiger partial charge < -0.3 is 20.1 Å². The number of likely N-dealkylation sites (tertiary alicyclic amines) is 1. The van der Waals surface area contributed by atoms with Crippen LogP contribution in [-0.4, -0.2) is 54.4 Å². The quantitative estimate of drug-likeness (QED) is 0.808. The summed E-state index contributed by atoms with van der Waals surface area (Å²) in [7, 11) is 1.59. The Balaban J connectivity index is 2.56. The summed E-state index contributed by atoms with van der Waals surface area (Å²) in [6.45, 7) is 6.69. The lowest BCUT2D eigenvalue weighted by Gasteiger charge is -2.38. The monoisotopic (exact) mass is 272 g/mol. The molecule has 0 aromatic rings. The molecule has 2 N–H and O–H groups in total. The number of ether oxygens (including phenoxy) is 1. The van der Waals surface area contributed by atoms with E-state index in [0.717, 1.165) is 0 Å². The predicted octanol–water partition coefficient (Wildman–Crippen LogP) is 1.31. The molecule has 1 aliphatic rings. The number of piperidine rings is 1. The molecule has 0 spiro atoms. The van der Waals surface area contributed by atoms with Crippen molar-refractivity contribution in [3.05, 3.63) is 0 Å². The maximum Gasteiger partial charge on any atom is 0.317 e. The Kier molecular flexibility index (Phi) is 4.79. The Morgan fingerprint density at radius 2 is 2.11 bits per heavy atom. The Labute approximate surface area is 114 Å². The van der Waals surface area contributed by atoms with Crippen LogP contribution < -0.4 is 5.32 Å². The van der Waals surface area contributed by atoms with E-state index in [4.69, 9.17) is 4.74 Å². The number of carboxylic acid groups (broad SMARTS) is 1. The number of carboxylic acids is 1. The van der Waals surface area contributed by atoms with Crippen LogP contribution in [0.25, 0.3) is 0 Å². The third kappa shape index (κ3) is 4.09. The van der Waals surface area contributed by atoms with Gasteiger partial charge in [0, 0.05) is 26.7 Å². The number of rotatable bonds is 4. The Morgan fingerprint density at radius 3 is 2.63 bits per heavy atom. The number of methoxy groups -OCH3 is 1. The lowest BCUT2D eigenvalue weighted by atomic mass is 9.82. The molecule has 6 heteroatoms. The molecule has 1 unspecified atom stereocenters. The molecular weight excluding hydrogens is 248 g/mol. The Hall–Kier alpha value is -1.30. The highest BCUT2D eigenvalue weighted by Crippen LogP contribution is 2.29. The molecule has 1 fully saturated rings. The zero-order valence-corrected chi connectivity index (χ0v) is 12.2. The molecule has 6 nitrogen and oxygen atoms in total. The number of amides is 2. The standard InChI is InChI=1S/C13H24N2O4/c1-12(2,19-4)8-14-11(18)15-7-5-6-13(3,9-15)10(16)17/h5-9H2,1-4H3,(H,14,18)(H,16,17). The fourth-order valence-electron chi connectivity index (χ4n) is 2.06. The van der Waals surface area contributed by atoms with Gasteiger partial charge in [0.15, 0.2) is 0 Å². The van der Waals surface area contributed by atoms with Crippen molar-refractivity contribution < 1.29 is 19.4 Å². The zero-order valence-electron chi connectivity index (χ0n) is 12.2. The molecule has 110 valence electrons. The zero-order chi connectivity index (χ0) is 14.7. The third-order valence-electron chi connectivity index (χ3n) is 3.72. The molecule has 1 atom stereocenters. The van der Waals surface area contributed by atoms with Gasteiger partial charge in [-0.25, -0.2) is 4.79 Å². The van der Waals surface area contributed by atoms with Crippen LogP contribution in [0.5, 0.6) is 0 Å². The number of carbonyl (C=O) groups is 2. The maximum atomic E-state index is 12.0. The number of carbonyl (C=O) groups excluding carboxylic acids is 1. The maximum absolute atomic E-state index is 12.0. The lowest BCUT2D eigenvalue weighted by Crippen LogP contribution is -2.53. The van der Waals surface area contributed by atoms with Crippen LogP contribution >= 0.6 is 0 Å². The number of aliphatic carboxylic acids is 1. The van der Waals surface area contributed by atoms with Crippen molar-refractivity contribution in [3.8, 4) is 0 Å². The van der Waals surface area contributed by atoms with Gasteiger partial charge in [0.05, 0.1) is 11.0 Å². The van der Waals surface area contributed by atoms with Crippen molar-refractivity contribution in [2.24, 2.45) is 5.41 Å². The minimum absolute atomic E-state index is 0.225. The van der Waals surface area contributed by atoms with Crippen LogP contribution in [0.2, 0.25) is 0 Å². The van der Waals surface area contributed by atoms with Crippen molar-refractivity contribution in [1.82, 2.24) is 10.2 Å². The van der Waals surface area contributed by atoms with Crippen LogP contribution in [0, 0.1) is 5.41 Å². The van der Waals surface area contributed by atoms with Crippen LogP contribution in [0.3, 0.4) is 0 Å². The van der Waals surface area contributed by atoms with Gasteiger partial charge in [0.1, 0.15) is 0 Å². The van der Waals surface area contributed by atoms with Gasteiger partial charge in [-0.3, -0.25) is 4.79 Å². The number of nitrogens with zero attached hydrogens (tertiary/aromatic N) is 1. The van der Waals surface area contributed by atoms with E-state index in [1.807, 2.05) is 13.8 Å². The number of nitrogens with one attached hydrogen (secondary N) is 1. The summed E-state index contributed by atoms with van der Waals surface area (Å²) < 4.78 is 5.23. The van der Waals surface area contributed by atoms with Crippen LogP contribution in [0.1, 0.15) is 33.6 Å². The third-order valence-corrected chi connectivity index (χ3v) is 3.72. The van der Waals surface area contributed by atoms with E-state index >= 15 is 0 Å². The summed E-state index contributed by atoms with van der Waals surface area (Å²) in [6.07, 6.45) is 1.32. The highest BCUT2D eigenvalue weighted by Gasteiger charge is 2.39. The van der Waals surface area contributed by atoms with E-state index in [-0.39, 0.29) is 12.6 Å². The molecule has 1 aliphatic heterocycles. The molecule has 1 rings (SSSR count). The van der Waals surface area contributed by atoms with E-state index in [9.17, 15) is 14.7 Å². The topological polar surface area (TPSA) is 78.9 Å². The lowest BCUT2D eigenvalue weighted by molar-refractivity contribution is -0.150. The van der Waals surface area contributed by atoms with E-state index < -0.39 is 17.0 Å². The van der Waals surface area contributed by atoms with Gasteiger partial charge in [-0.15, -0.1) is 0 Å². The Bertz CT molecular complexity index is 357. The summed E-state index contributed by atoms with van der Waals surface area (Å²) in [6, 6.07) is -0.225. The SMILES string of the molecule is COC(C)(C)CNC(=O)N1CCCC(C)(C(=O)O)C1. The average molecular weight is 272 g/mol. The second-order valence-electron chi connectivity index (χ2n) is 6.01. The summed E-state index contributed by atoms with van der Waals surface area (Å²) in [4.78, 5) is 24.8. The summed E-state index contributed by atoms with van der Waals surface area (Å²) >= 11 is 0. The van der Waals surface area contributed by atoms with Crippen molar-refractivity contribution in [2.45, 2.75) is 39.2 Å². The molecule has 2 amide bonds. The Morgan fingerprint density at radius 1 is 1.47 bits per heavy atom. The van der Waals surface area contributed by atoms with E-state index in [0.29, 0.717) is 25.9 Å². The van der Waals surface area contributed by atoms with Gasteiger partial charge >= 0.3 is 12.0 Å². The van der Waals surface area contributed by atoms with E-state index in [1.165, 1.54) is 0 Å². The van der Waals surface area contributed by atoms with E-state index in [1.54, 1.807) is 18.9 Å². The van der Waals surface area contributed by atoms with Gasteiger partial charge in [0.25, 0.3) is 0 Å². The predicted molar refractivity (Wildman–Crippen MR) is 71.0 cm³/mol.